The van der Waals surface area contributed by atoms with E-state index in [9.17, 15) is 5.11 Å². The van der Waals surface area contributed by atoms with Gasteiger partial charge in [0.2, 0.25) is 0 Å². The van der Waals surface area contributed by atoms with Crippen molar-refractivity contribution >= 4 is 0 Å². The molecule has 0 aliphatic carbocycles. The summed E-state index contributed by atoms with van der Waals surface area (Å²) in [6.45, 7) is 12.6. The van der Waals surface area contributed by atoms with Crippen molar-refractivity contribution in [3.8, 4) is 0 Å². The molecular weight excluding hydrogens is 370 g/mol. The van der Waals surface area contributed by atoms with E-state index in [1.54, 1.807) is 0 Å². The Morgan fingerprint density at radius 2 is 1.79 bits per heavy atom. The van der Waals surface area contributed by atoms with E-state index < -0.39 is 18.0 Å². The molecule has 2 aromatic rings. The van der Waals surface area contributed by atoms with Crippen LogP contribution in [0.3, 0.4) is 0 Å². The molecule has 1 aromatic heterocycles. The van der Waals surface area contributed by atoms with Gasteiger partial charge in [0.15, 0.2) is 11.6 Å². The maximum absolute atomic E-state index is 10.9. The average molecular weight is 402 g/mol. The molecule has 8 nitrogen and oxygen atoms in total. The van der Waals surface area contributed by atoms with Gasteiger partial charge in [-0.3, -0.25) is 4.90 Å². The largest absolute Gasteiger partial charge is 0.389 e. The van der Waals surface area contributed by atoms with E-state index in [2.05, 4.69) is 60.3 Å². The van der Waals surface area contributed by atoms with Gasteiger partial charge in [0.25, 0.3) is 0 Å². The predicted octanol–water partition coefficient (Wildman–Crippen LogP) is 2.43. The van der Waals surface area contributed by atoms with Crippen LogP contribution in [0.25, 0.3) is 0 Å². The normalized spacial score (nSPS) is 30.9. The van der Waals surface area contributed by atoms with Crippen molar-refractivity contribution in [2.24, 2.45) is 0 Å². The molecule has 158 valence electrons. The third-order valence-corrected chi connectivity index (χ3v) is 5.78. The van der Waals surface area contributed by atoms with E-state index >= 15 is 0 Å². The van der Waals surface area contributed by atoms with Crippen molar-refractivity contribution in [3.63, 3.8) is 0 Å². The second-order valence-corrected chi connectivity index (χ2v) is 9.48. The summed E-state index contributed by atoms with van der Waals surface area (Å²) in [6, 6.07) is 10.0. The lowest BCUT2D eigenvalue weighted by atomic mass is 9.90. The number of benzene rings is 1. The Morgan fingerprint density at radius 1 is 1.14 bits per heavy atom. The fourth-order valence-corrected chi connectivity index (χ4v) is 4.45. The summed E-state index contributed by atoms with van der Waals surface area (Å²) in [5, 5.41) is 23.6. The van der Waals surface area contributed by atoms with Crippen molar-refractivity contribution in [2.75, 3.05) is 6.54 Å². The van der Waals surface area contributed by atoms with Gasteiger partial charge < -0.3 is 14.6 Å². The van der Waals surface area contributed by atoms with E-state index in [4.69, 9.17) is 9.47 Å². The zero-order valence-electron chi connectivity index (χ0n) is 18.0. The Morgan fingerprint density at radius 3 is 2.45 bits per heavy atom. The summed E-state index contributed by atoms with van der Waals surface area (Å²) in [7, 11) is 0. The first-order valence-corrected chi connectivity index (χ1v) is 10.2. The van der Waals surface area contributed by atoms with Gasteiger partial charge in [-0.15, -0.1) is 5.10 Å². The highest BCUT2D eigenvalue weighted by Gasteiger charge is 2.56. The second-order valence-electron chi connectivity index (χ2n) is 9.48. The van der Waals surface area contributed by atoms with E-state index in [0.29, 0.717) is 6.54 Å². The summed E-state index contributed by atoms with van der Waals surface area (Å²) in [5.74, 6) is -0.0518. The van der Waals surface area contributed by atoms with E-state index in [1.807, 2.05) is 36.7 Å². The van der Waals surface area contributed by atoms with E-state index in [-0.39, 0.29) is 23.7 Å². The highest BCUT2D eigenvalue weighted by molar-refractivity contribution is 5.21. The third-order valence-electron chi connectivity index (χ3n) is 5.78. The van der Waals surface area contributed by atoms with Crippen LogP contribution in [0.2, 0.25) is 0 Å². The second kappa shape index (κ2) is 7.12. The number of nitrogens with zero attached hydrogens (tertiary/aromatic N) is 5. The molecule has 0 spiro atoms. The summed E-state index contributed by atoms with van der Waals surface area (Å²) >= 11 is 0. The number of piperidine rings is 1. The van der Waals surface area contributed by atoms with E-state index in [0.717, 1.165) is 11.4 Å². The van der Waals surface area contributed by atoms with Gasteiger partial charge >= 0.3 is 0 Å². The molecule has 0 saturated carbocycles. The van der Waals surface area contributed by atoms with Gasteiger partial charge in [-0.1, -0.05) is 30.3 Å². The Kier molecular flexibility index (Phi) is 5.01. The number of likely N-dealkylation sites (tertiary alicyclic amines) is 1. The van der Waals surface area contributed by atoms with Crippen LogP contribution in [-0.4, -0.2) is 60.9 Å². The fourth-order valence-electron chi connectivity index (χ4n) is 4.45. The molecule has 0 amide bonds. The zero-order chi connectivity index (χ0) is 21.0. The lowest BCUT2D eigenvalue weighted by Crippen LogP contribution is -2.57. The van der Waals surface area contributed by atoms with Crippen LogP contribution in [0.4, 0.5) is 0 Å². The van der Waals surface area contributed by atoms with E-state index in [1.165, 1.54) is 0 Å². The highest BCUT2D eigenvalue weighted by atomic mass is 16.8. The minimum absolute atomic E-state index is 0.0363. The highest BCUT2D eigenvalue weighted by Crippen LogP contribution is 2.45. The van der Waals surface area contributed by atoms with Gasteiger partial charge in [-0.2, -0.15) is 0 Å². The van der Waals surface area contributed by atoms with Crippen LogP contribution in [-0.2, 0) is 15.0 Å². The summed E-state index contributed by atoms with van der Waals surface area (Å²) in [5.41, 5.74) is 0.872. The molecular formula is C21H31N5O3. The molecule has 8 heteroatoms. The number of fused-ring (bicyclic) bond motifs is 1. The van der Waals surface area contributed by atoms with Crippen LogP contribution >= 0.6 is 0 Å². The minimum Gasteiger partial charge on any atom is -0.389 e. The molecule has 1 aromatic carbocycles. The Balaban J connectivity index is 1.80. The van der Waals surface area contributed by atoms with Gasteiger partial charge in [-0.25, -0.2) is 4.68 Å². The molecule has 4 rings (SSSR count). The molecule has 29 heavy (non-hydrogen) atoms. The van der Waals surface area contributed by atoms with Crippen LogP contribution in [0.15, 0.2) is 30.3 Å². The third kappa shape index (κ3) is 3.70. The fraction of sp³-hybridized carbons (Fsp3) is 0.667. The summed E-state index contributed by atoms with van der Waals surface area (Å²) < 4.78 is 14.2. The van der Waals surface area contributed by atoms with Crippen molar-refractivity contribution in [2.45, 2.75) is 83.3 Å². The number of hydrogen-bond acceptors (Lipinski definition) is 7. The molecule has 2 fully saturated rings. The average Bonchev–Trinajstić information content (AvgIpc) is 3.25. The molecule has 1 N–H and O–H groups in total. The Labute approximate surface area is 171 Å². The number of rotatable bonds is 3. The lowest BCUT2D eigenvalue weighted by molar-refractivity contribution is -0.153. The smallest absolute Gasteiger partial charge is 0.171 e. The number of aliphatic hydroxyl groups is 1. The van der Waals surface area contributed by atoms with Crippen molar-refractivity contribution in [1.29, 1.82) is 0 Å². The molecule has 2 aliphatic rings. The molecule has 3 heterocycles. The first-order chi connectivity index (χ1) is 13.6. The molecule has 0 unspecified atom stereocenters. The number of β-amino-alcohol motifs (C(OH)–C–C–N with tert-alkyl or cyclic N) is 1. The van der Waals surface area contributed by atoms with Crippen LogP contribution in [0.5, 0.6) is 0 Å². The van der Waals surface area contributed by atoms with Gasteiger partial charge in [0.05, 0.1) is 11.6 Å². The standard InChI is InChI=1S/C21H31N5O3/c1-13(14-10-8-7-9-11-14)25-12-15(27)17-18(29-21(5,6)28-17)16(25)19-22-23-24-26(19)20(2,3)4/h7-11,13,15-18,27H,12H2,1-6H3/t13-,15-,16-,17-,18+/m0/s1. The topological polar surface area (TPSA) is 85.5 Å². The van der Waals surface area contributed by atoms with Gasteiger partial charge in [0, 0.05) is 12.6 Å². The quantitative estimate of drug-likeness (QED) is 0.845. The Hall–Kier alpha value is -1.87. The van der Waals surface area contributed by atoms with Gasteiger partial charge in [-0.05, 0) is 57.5 Å². The molecule has 2 saturated heterocycles. The molecule has 0 bridgehead atoms. The summed E-state index contributed by atoms with van der Waals surface area (Å²) in [6.07, 6.45) is -1.48. The van der Waals surface area contributed by atoms with Crippen molar-refractivity contribution < 1.29 is 14.6 Å². The van der Waals surface area contributed by atoms with Crippen LogP contribution in [0, 0.1) is 0 Å². The Bertz CT molecular complexity index is 848. The predicted molar refractivity (Wildman–Crippen MR) is 107 cm³/mol. The number of aliphatic hydroxyl groups excluding tert-OH is 1. The maximum Gasteiger partial charge on any atom is 0.171 e. The molecule has 5 atom stereocenters. The number of hydrogen-bond donors (Lipinski definition) is 1. The molecule has 2 aliphatic heterocycles. The zero-order valence-corrected chi connectivity index (χ0v) is 18.0. The van der Waals surface area contributed by atoms with Gasteiger partial charge in [0.1, 0.15) is 18.2 Å². The number of ether oxygens (including phenoxy) is 2. The lowest BCUT2D eigenvalue weighted by Gasteiger charge is -2.46. The number of aromatic nitrogens is 4. The SMILES string of the molecule is C[C@@H](c1ccccc1)N1C[C@H](O)[C@@H]2OC(C)(C)O[C@@H]2[C@H]1c1nnnn1C(C)(C)C. The first kappa shape index (κ1) is 20.4. The monoisotopic (exact) mass is 401 g/mol. The minimum atomic E-state index is -0.777. The number of tetrazole rings is 1. The van der Waals surface area contributed by atoms with Crippen LogP contribution in [0.1, 0.15) is 65.0 Å². The first-order valence-electron chi connectivity index (χ1n) is 10.2. The summed E-state index contributed by atoms with van der Waals surface area (Å²) in [4.78, 5) is 2.24. The van der Waals surface area contributed by atoms with Crippen molar-refractivity contribution in [3.05, 3.63) is 41.7 Å². The van der Waals surface area contributed by atoms with Crippen LogP contribution < -0.4 is 0 Å². The molecule has 0 radical (unpaired) electrons. The van der Waals surface area contributed by atoms with Crippen molar-refractivity contribution in [1.82, 2.24) is 25.1 Å². The maximum atomic E-state index is 10.9.